The van der Waals surface area contributed by atoms with Crippen molar-refractivity contribution in [2.24, 2.45) is 5.11 Å². The van der Waals surface area contributed by atoms with Crippen molar-refractivity contribution >= 4 is 33.7 Å². The molecule has 0 radical (unpaired) electrons. The minimum absolute atomic E-state index is 0. The molecule has 3 aromatic carbocycles. The Morgan fingerprint density at radius 3 is 2.58 bits per heavy atom. The van der Waals surface area contributed by atoms with E-state index in [0.717, 1.165) is 16.5 Å². The fourth-order valence-electron chi connectivity index (χ4n) is 2.47. The van der Waals surface area contributed by atoms with E-state index in [2.05, 4.69) is 5.11 Å². The van der Waals surface area contributed by atoms with Crippen LogP contribution in [0.25, 0.3) is 10.8 Å². The Bertz CT molecular complexity index is 913. The summed E-state index contributed by atoms with van der Waals surface area (Å²) in [4.78, 5) is 0. The van der Waals surface area contributed by atoms with E-state index in [4.69, 9.17) is 16.3 Å². The van der Waals surface area contributed by atoms with Crippen LogP contribution in [0.15, 0.2) is 59.7 Å². The van der Waals surface area contributed by atoms with E-state index in [0.29, 0.717) is 16.5 Å². The SMILES string of the molecule is COc1cc(Cl)ccc1[N+](C)=Nc1c(O)ccc2ccccc12.[Ni]. The van der Waals surface area contributed by atoms with Crippen molar-refractivity contribution in [1.29, 1.82) is 0 Å². The molecule has 0 amide bonds. The van der Waals surface area contributed by atoms with Crippen molar-refractivity contribution in [2.45, 2.75) is 0 Å². The van der Waals surface area contributed by atoms with Crippen molar-refractivity contribution in [3.05, 3.63) is 59.6 Å². The Balaban J connectivity index is 0.00000208. The number of methoxy groups -OCH3 is 1. The number of azo groups is 2. The number of aromatic hydroxyl groups is 1. The van der Waals surface area contributed by atoms with Crippen LogP contribution in [0.3, 0.4) is 0 Å². The third kappa shape index (κ3) is 3.53. The van der Waals surface area contributed by atoms with Gasteiger partial charge in [-0.1, -0.05) is 46.6 Å². The van der Waals surface area contributed by atoms with E-state index in [1.165, 1.54) is 0 Å². The van der Waals surface area contributed by atoms with Gasteiger partial charge in [-0.25, -0.2) is 0 Å². The molecule has 0 aromatic heterocycles. The number of phenols is 1. The molecule has 3 aromatic rings. The van der Waals surface area contributed by atoms with Crippen LogP contribution < -0.4 is 4.74 Å². The third-order valence-corrected chi connectivity index (χ3v) is 3.85. The summed E-state index contributed by atoms with van der Waals surface area (Å²) < 4.78 is 7.02. The van der Waals surface area contributed by atoms with Gasteiger partial charge in [0.05, 0.1) is 7.11 Å². The summed E-state index contributed by atoms with van der Waals surface area (Å²) in [5.74, 6) is 0.743. The van der Waals surface area contributed by atoms with Crippen molar-refractivity contribution in [1.82, 2.24) is 0 Å². The smallest absolute Gasteiger partial charge is 0.273 e. The second kappa shape index (κ2) is 7.65. The summed E-state index contributed by atoms with van der Waals surface area (Å²) >= 11 is 5.99. The average molecular weight is 386 g/mol. The zero-order valence-electron chi connectivity index (χ0n) is 13.1. The first kappa shape index (κ1) is 18.2. The van der Waals surface area contributed by atoms with Crippen LogP contribution in [0.5, 0.6) is 11.5 Å². The molecule has 6 heteroatoms. The molecule has 24 heavy (non-hydrogen) atoms. The molecule has 0 atom stereocenters. The molecule has 0 aliphatic rings. The predicted octanol–water partition coefficient (Wildman–Crippen LogP) is 5.26. The number of hydrogen-bond acceptors (Lipinski definition) is 3. The van der Waals surface area contributed by atoms with Gasteiger partial charge in [0.2, 0.25) is 0 Å². The molecule has 0 spiro atoms. The summed E-state index contributed by atoms with van der Waals surface area (Å²) in [7, 11) is 3.38. The maximum atomic E-state index is 10.2. The van der Waals surface area contributed by atoms with Crippen LogP contribution in [0, 0.1) is 0 Å². The summed E-state index contributed by atoms with van der Waals surface area (Å²) in [6, 6.07) is 16.6. The van der Waals surface area contributed by atoms with Crippen LogP contribution in [0.1, 0.15) is 0 Å². The summed E-state index contributed by atoms with van der Waals surface area (Å²) in [6.07, 6.45) is 0. The number of halogens is 1. The molecule has 0 aliphatic heterocycles. The molecule has 0 bridgehead atoms. The van der Waals surface area contributed by atoms with Crippen LogP contribution in [-0.4, -0.2) is 24.0 Å². The van der Waals surface area contributed by atoms with E-state index in [9.17, 15) is 5.11 Å². The third-order valence-electron chi connectivity index (χ3n) is 3.62. The van der Waals surface area contributed by atoms with Gasteiger partial charge in [0.1, 0.15) is 5.75 Å². The van der Waals surface area contributed by atoms with Crippen molar-refractivity contribution in [2.75, 3.05) is 14.2 Å². The van der Waals surface area contributed by atoms with E-state index >= 15 is 0 Å². The van der Waals surface area contributed by atoms with Crippen molar-refractivity contribution < 1.29 is 31.0 Å². The Morgan fingerprint density at radius 1 is 1.08 bits per heavy atom. The first-order chi connectivity index (χ1) is 11.1. The Hall–Kier alpha value is -2.10. The molecule has 4 nitrogen and oxygen atoms in total. The minimum atomic E-state index is 0. The molecule has 1 N–H and O–H groups in total. The van der Waals surface area contributed by atoms with Crippen LogP contribution in [0.4, 0.5) is 11.4 Å². The van der Waals surface area contributed by atoms with Gasteiger partial charge in [0.25, 0.3) is 5.69 Å². The first-order valence-electron chi connectivity index (χ1n) is 7.10. The molecule has 0 saturated carbocycles. The predicted molar refractivity (Wildman–Crippen MR) is 91.5 cm³/mol. The minimum Gasteiger partial charge on any atom is -0.505 e. The van der Waals surface area contributed by atoms with E-state index in [1.807, 2.05) is 36.4 Å². The van der Waals surface area contributed by atoms with Gasteiger partial charge in [0.15, 0.2) is 18.5 Å². The molecule has 0 aliphatic carbocycles. The second-order valence-electron chi connectivity index (χ2n) is 5.09. The molecule has 0 saturated heterocycles. The van der Waals surface area contributed by atoms with Crippen LogP contribution in [0.2, 0.25) is 5.02 Å². The zero-order chi connectivity index (χ0) is 16.4. The maximum Gasteiger partial charge on any atom is 0.273 e. The molecule has 0 heterocycles. The number of nitrogens with zero attached hydrogens (tertiary/aromatic N) is 2. The Kier molecular flexibility index (Phi) is 5.81. The largest absolute Gasteiger partial charge is 0.505 e. The number of ether oxygens (including phenoxy) is 1. The zero-order valence-corrected chi connectivity index (χ0v) is 14.9. The van der Waals surface area contributed by atoms with E-state index in [-0.39, 0.29) is 22.2 Å². The molecule has 126 valence electrons. The average Bonchev–Trinajstić information content (AvgIpc) is 2.57. The van der Waals surface area contributed by atoms with Crippen LogP contribution >= 0.6 is 11.6 Å². The maximum absolute atomic E-state index is 10.2. The summed E-state index contributed by atoms with van der Waals surface area (Å²) in [5.41, 5.74) is 1.27. The number of hydrogen-bond donors (Lipinski definition) is 1. The summed E-state index contributed by atoms with van der Waals surface area (Å²) in [6.45, 7) is 0. The first-order valence-corrected chi connectivity index (χ1v) is 7.47. The quantitative estimate of drug-likeness (QED) is 0.379. The van der Waals surface area contributed by atoms with Crippen molar-refractivity contribution in [3.63, 3.8) is 0 Å². The molecular weight excluding hydrogens is 370 g/mol. The standard InChI is InChI=1S/C18H15ClN2O2.Ni/c1-21(15-9-8-13(19)11-17(15)23-2)20-18-14-6-4-3-5-12(14)7-10-16(18)22;/h3-11H,1-2H3;/p+1. The fourth-order valence-corrected chi connectivity index (χ4v) is 2.63. The molecule has 3 rings (SSSR count). The van der Waals surface area contributed by atoms with E-state index < -0.39 is 0 Å². The topological polar surface area (TPSA) is 44.8 Å². The second-order valence-corrected chi connectivity index (χ2v) is 5.53. The molecular formula is C18H16ClN2NiO2+. The van der Waals surface area contributed by atoms with Gasteiger partial charge in [-0.15, -0.1) is 0 Å². The van der Waals surface area contributed by atoms with Crippen molar-refractivity contribution in [3.8, 4) is 11.5 Å². The van der Waals surface area contributed by atoms with E-state index in [1.54, 1.807) is 37.1 Å². The van der Waals surface area contributed by atoms with Gasteiger partial charge >= 0.3 is 0 Å². The van der Waals surface area contributed by atoms with Gasteiger partial charge in [-0.05, 0) is 17.5 Å². The summed E-state index contributed by atoms with van der Waals surface area (Å²) in [5, 5.41) is 17.2. The molecule has 0 fully saturated rings. The van der Waals surface area contributed by atoms with Crippen LogP contribution in [-0.2, 0) is 16.5 Å². The van der Waals surface area contributed by atoms with Gasteiger partial charge in [0, 0.05) is 44.1 Å². The monoisotopic (exact) mass is 385 g/mol. The Labute approximate surface area is 155 Å². The number of fused-ring (bicyclic) bond motifs is 1. The normalized spacial score (nSPS) is 11.2. The number of rotatable bonds is 3. The van der Waals surface area contributed by atoms with Gasteiger partial charge in [-0.2, -0.15) is 0 Å². The van der Waals surface area contributed by atoms with Gasteiger partial charge in [-0.3, -0.25) is 0 Å². The number of benzene rings is 3. The fraction of sp³-hybridized carbons (Fsp3) is 0.111. The van der Waals surface area contributed by atoms with Gasteiger partial charge < -0.3 is 9.84 Å². The molecule has 0 unspecified atom stereocenters. The number of phenolic OH excluding ortho intramolecular Hbond substituents is 1. The Morgan fingerprint density at radius 2 is 1.83 bits per heavy atom.